The Morgan fingerprint density at radius 2 is 1.81 bits per heavy atom. The summed E-state index contributed by atoms with van der Waals surface area (Å²) in [6.45, 7) is 5.43. The van der Waals surface area contributed by atoms with E-state index in [1.54, 1.807) is 35.9 Å². The summed E-state index contributed by atoms with van der Waals surface area (Å²) in [5.41, 5.74) is 3.75. The van der Waals surface area contributed by atoms with E-state index in [1.807, 2.05) is 30.3 Å². The van der Waals surface area contributed by atoms with Gasteiger partial charge >= 0.3 is 0 Å². The van der Waals surface area contributed by atoms with Crippen molar-refractivity contribution in [2.75, 3.05) is 18.0 Å². The van der Waals surface area contributed by atoms with Crippen LogP contribution < -0.4 is 10.5 Å². The molecule has 1 unspecified atom stereocenters. The number of fused-ring (bicyclic) bond motifs is 1. The summed E-state index contributed by atoms with van der Waals surface area (Å²) in [4.78, 5) is 26.1. The number of benzene rings is 1. The predicted octanol–water partition coefficient (Wildman–Crippen LogP) is 4.68. The van der Waals surface area contributed by atoms with E-state index < -0.39 is 5.95 Å². The third-order valence-electron chi connectivity index (χ3n) is 7.06. The minimum atomic E-state index is -0.526. The SMILES string of the molecule is C[C@H]1CN(C(c2ccc(Cl)cc2)c2cccc(F)n2)[C@@H](C)CN1c1cc(=O)n(C)c2ccc(C#N)nc12. The van der Waals surface area contributed by atoms with Gasteiger partial charge < -0.3 is 9.47 Å². The van der Waals surface area contributed by atoms with Crippen LogP contribution in [0.4, 0.5) is 10.1 Å². The largest absolute Gasteiger partial charge is 0.364 e. The Morgan fingerprint density at radius 3 is 2.51 bits per heavy atom. The molecule has 0 aliphatic carbocycles. The molecule has 4 aromatic rings. The van der Waals surface area contributed by atoms with Crippen molar-refractivity contribution in [2.24, 2.45) is 7.05 Å². The van der Waals surface area contributed by atoms with Gasteiger partial charge in [-0.1, -0.05) is 29.8 Å². The van der Waals surface area contributed by atoms with Crippen molar-refractivity contribution in [2.45, 2.75) is 32.0 Å². The van der Waals surface area contributed by atoms with E-state index in [0.29, 0.717) is 46.2 Å². The zero-order valence-electron chi connectivity index (χ0n) is 20.8. The molecule has 3 aromatic heterocycles. The molecule has 0 radical (unpaired) electrons. The van der Waals surface area contributed by atoms with Gasteiger partial charge in [0.25, 0.3) is 5.56 Å². The maximum Gasteiger partial charge on any atom is 0.252 e. The number of hydrogen-bond acceptors (Lipinski definition) is 6. The third-order valence-corrected chi connectivity index (χ3v) is 7.31. The molecule has 0 saturated carbocycles. The Hall–Kier alpha value is -3.80. The zero-order chi connectivity index (χ0) is 26.3. The topological polar surface area (TPSA) is 78.0 Å². The van der Waals surface area contributed by atoms with Crippen molar-refractivity contribution in [3.63, 3.8) is 0 Å². The Labute approximate surface area is 219 Å². The van der Waals surface area contributed by atoms with Crippen LogP contribution in [-0.4, -0.2) is 44.6 Å². The minimum Gasteiger partial charge on any atom is -0.364 e. The Morgan fingerprint density at radius 1 is 1.05 bits per heavy atom. The van der Waals surface area contributed by atoms with E-state index >= 15 is 0 Å². The molecule has 0 N–H and O–H groups in total. The van der Waals surface area contributed by atoms with Crippen LogP contribution in [0.25, 0.3) is 11.0 Å². The number of aryl methyl sites for hydroxylation is 1. The lowest BCUT2D eigenvalue weighted by Crippen LogP contribution is -2.57. The van der Waals surface area contributed by atoms with Crippen LogP contribution in [0.15, 0.2) is 65.5 Å². The Balaban J connectivity index is 1.56. The van der Waals surface area contributed by atoms with Crippen LogP contribution in [0.5, 0.6) is 0 Å². The van der Waals surface area contributed by atoms with Crippen molar-refractivity contribution in [1.82, 2.24) is 19.4 Å². The maximum atomic E-state index is 14.2. The van der Waals surface area contributed by atoms with E-state index in [1.165, 1.54) is 6.07 Å². The summed E-state index contributed by atoms with van der Waals surface area (Å²) in [5.74, 6) is -0.526. The lowest BCUT2D eigenvalue weighted by atomic mass is 9.96. The number of aromatic nitrogens is 3. The van der Waals surface area contributed by atoms with Gasteiger partial charge in [0.1, 0.15) is 17.3 Å². The van der Waals surface area contributed by atoms with Gasteiger partial charge in [-0.05, 0) is 55.8 Å². The summed E-state index contributed by atoms with van der Waals surface area (Å²) in [6, 6.07) is 19.2. The molecule has 0 spiro atoms. The molecule has 3 atom stereocenters. The van der Waals surface area contributed by atoms with Gasteiger partial charge in [0.05, 0.1) is 22.9 Å². The minimum absolute atomic E-state index is 0.0117. The number of nitrogens with zero attached hydrogens (tertiary/aromatic N) is 6. The smallest absolute Gasteiger partial charge is 0.252 e. The van der Waals surface area contributed by atoms with E-state index in [4.69, 9.17) is 11.6 Å². The van der Waals surface area contributed by atoms with E-state index in [-0.39, 0.29) is 23.7 Å². The van der Waals surface area contributed by atoms with Gasteiger partial charge in [-0.2, -0.15) is 9.65 Å². The quantitative estimate of drug-likeness (QED) is 0.366. The highest BCUT2D eigenvalue weighted by atomic mass is 35.5. The molecule has 188 valence electrons. The van der Waals surface area contributed by atoms with Gasteiger partial charge in [0, 0.05) is 43.3 Å². The molecule has 0 bridgehead atoms. The van der Waals surface area contributed by atoms with Crippen LogP contribution in [0.3, 0.4) is 0 Å². The molecule has 1 aliphatic heterocycles. The molecule has 1 aliphatic rings. The summed E-state index contributed by atoms with van der Waals surface area (Å²) < 4.78 is 15.7. The highest BCUT2D eigenvalue weighted by Crippen LogP contribution is 2.35. The fraction of sp³-hybridized carbons (Fsp3) is 0.286. The average Bonchev–Trinajstić information content (AvgIpc) is 2.89. The number of pyridine rings is 3. The van der Waals surface area contributed by atoms with Crippen molar-refractivity contribution < 1.29 is 4.39 Å². The molecule has 4 heterocycles. The molecule has 5 rings (SSSR count). The second kappa shape index (κ2) is 9.92. The number of piperazine rings is 1. The summed E-state index contributed by atoms with van der Waals surface area (Å²) in [5, 5.41) is 10.1. The highest BCUT2D eigenvalue weighted by molar-refractivity contribution is 6.30. The highest BCUT2D eigenvalue weighted by Gasteiger charge is 2.36. The van der Waals surface area contributed by atoms with E-state index in [2.05, 4.69) is 39.7 Å². The Bertz CT molecular complexity index is 1560. The number of hydrogen-bond donors (Lipinski definition) is 0. The predicted molar refractivity (Wildman–Crippen MR) is 142 cm³/mol. The van der Waals surface area contributed by atoms with Gasteiger partial charge in [0.15, 0.2) is 0 Å². The van der Waals surface area contributed by atoms with Gasteiger partial charge in [-0.3, -0.25) is 9.69 Å². The molecular formula is C28H26ClFN6O. The normalized spacial score (nSPS) is 19.1. The first-order chi connectivity index (χ1) is 17.8. The first-order valence-corrected chi connectivity index (χ1v) is 12.5. The van der Waals surface area contributed by atoms with Crippen LogP contribution in [0.1, 0.15) is 36.8 Å². The lowest BCUT2D eigenvalue weighted by Gasteiger charge is -2.48. The molecule has 37 heavy (non-hydrogen) atoms. The number of anilines is 1. The van der Waals surface area contributed by atoms with Crippen molar-refractivity contribution in [3.05, 3.63) is 98.9 Å². The zero-order valence-corrected chi connectivity index (χ0v) is 21.5. The number of halogens is 2. The Kier molecular flexibility index (Phi) is 6.67. The van der Waals surface area contributed by atoms with Gasteiger partial charge in [-0.15, -0.1) is 0 Å². The van der Waals surface area contributed by atoms with E-state index in [0.717, 1.165) is 5.56 Å². The monoisotopic (exact) mass is 516 g/mol. The molecule has 9 heteroatoms. The molecule has 1 aromatic carbocycles. The maximum absolute atomic E-state index is 14.2. The van der Waals surface area contributed by atoms with Gasteiger partial charge in [0.2, 0.25) is 5.95 Å². The fourth-order valence-corrected chi connectivity index (χ4v) is 5.32. The third kappa shape index (κ3) is 4.68. The summed E-state index contributed by atoms with van der Waals surface area (Å²) in [6.07, 6.45) is 0. The number of rotatable bonds is 4. The second-order valence-electron chi connectivity index (χ2n) is 9.49. The van der Waals surface area contributed by atoms with Crippen molar-refractivity contribution in [1.29, 1.82) is 5.26 Å². The molecule has 1 fully saturated rings. The van der Waals surface area contributed by atoms with Crippen molar-refractivity contribution >= 4 is 28.3 Å². The molecule has 0 amide bonds. The summed E-state index contributed by atoms with van der Waals surface area (Å²) >= 11 is 6.16. The van der Waals surface area contributed by atoms with Gasteiger partial charge in [-0.25, -0.2) is 9.97 Å². The van der Waals surface area contributed by atoms with Crippen LogP contribution in [-0.2, 0) is 7.05 Å². The average molecular weight is 517 g/mol. The van der Waals surface area contributed by atoms with Crippen LogP contribution in [0.2, 0.25) is 5.02 Å². The first kappa shape index (κ1) is 24.9. The fourth-order valence-electron chi connectivity index (χ4n) is 5.20. The summed E-state index contributed by atoms with van der Waals surface area (Å²) in [7, 11) is 1.70. The molecule has 1 saturated heterocycles. The lowest BCUT2D eigenvalue weighted by molar-refractivity contribution is 0.127. The molecule has 7 nitrogen and oxygen atoms in total. The van der Waals surface area contributed by atoms with Crippen LogP contribution >= 0.6 is 11.6 Å². The first-order valence-electron chi connectivity index (χ1n) is 12.1. The number of nitriles is 1. The molecular weight excluding hydrogens is 491 g/mol. The standard InChI is InChI=1S/C28H26ClFN6O/c1-17-16-36(28(19-7-9-20(29)10-8-19)22-5-4-6-25(30)33-22)18(2)15-35(17)24-13-26(37)34(3)23-12-11-21(14-31)32-27(23)24/h4-13,17-18,28H,15-16H2,1-3H3/t17-,18-,28?/m0/s1. The van der Waals surface area contributed by atoms with Crippen molar-refractivity contribution in [3.8, 4) is 6.07 Å². The second-order valence-corrected chi connectivity index (χ2v) is 9.93. The van der Waals surface area contributed by atoms with E-state index in [9.17, 15) is 14.4 Å². The van der Waals surface area contributed by atoms with Crippen LogP contribution in [0, 0.1) is 17.3 Å².